The highest BCUT2D eigenvalue weighted by Crippen LogP contribution is 2.29. The Bertz CT molecular complexity index is 416. The molecule has 0 aliphatic heterocycles. The normalized spacial score (nSPS) is 20.6. The van der Waals surface area contributed by atoms with Crippen molar-refractivity contribution in [1.82, 2.24) is 5.32 Å². The summed E-state index contributed by atoms with van der Waals surface area (Å²) in [6.07, 6.45) is 11.6. The summed E-state index contributed by atoms with van der Waals surface area (Å²) in [5, 5.41) is 3.69. The maximum atomic E-state index is 3.69. The zero-order valence-corrected chi connectivity index (χ0v) is 13.1. The van der Waals surface area contributed by atoms with Gasteiger partial charge >= 0.3 is 0 Å². The van der Waals surface area contributed by atoms with Crippen LogP contribution in [0.1, 0.15) is 69.5 Å². The van der Waals surface area contributed by atoms with Crippen LogP contribution >= 0.6 is 0 Å². The molecule has 0 heterocycles. The fraction of sp³-hybridized carbons (Fsp3) is 0.579. The van der Waals surface area contributed by atoms with Gasteiger partial charge in [0.05, 0.1) is 6.04 Å². The second-order valence-electron chi connectivity index (χ2n) is 5.82. The van der Waals surface area contributed by atoms with Gasteiger partial charge in [0.1, 0.15) is 0 Å². The molecule has 0 bridgehead atoms. The summed E-state index contributed by atoms with van der Waals surface area (Å²) in [7, 11) is 0. The molecule has 0 radical (unpaired) electrons. The van der Waals surface area contributed by atoms with Gasteiger partial charge in [-0.1, -0.05) is 62.6 Å². The van der Waals surface area contributed by atoms with E-state index in [4.69, 9.17) is 0 Å². The highest BCUT2D eigenvalue weighted by atomic mass is 14.9. The molecular formula is C19H29N. The zero-order valence-electron chi connectivity index (χ0n) is 13.1. The Morgan fingerprint density at radius 3 is 2.45 bits per heavy atom. The SMILES string of the molecule is CCNC(/C1=C/CCCCCC1)c1ccc(CC)cc1. The molecule has 1 aliphatic rings. The first-order valence-corrected chi connectivity index (χ1v) is 8.36. The maximum Gasteiger partial charge on any atom is 0.0535 e. The third kappa shape index (κ3) is 4.21. The van der Waals surface area contributed by atoms with Crippen LogP contribution in [-0.2, 0) is 6.42 Å². The van der Waals surface area contributed by atoms with E-state index < -0.39 is 0 Å². The number of hydrogen-bond acceptors (Lipinski definition) is 1. The van der Waals surface area contributed by atoms with Crippen molar-refractivity contribution in [3.63, 3.8) is 0 Å². The van der Waals surface area contributed by atoms with Gasteiger partial charge in [-0.05, 0) is 49.8 Å². The summed E-state index contributed by atoms with van der Waals surface area (Å²) >= 11 is 0. The molecule has 1 unspecified atom stereocenters. The van der Waals surface area contributed by atoms with Crippen LogP contribution < -0.4 is 5.32 Å². The van der Waals surface area contributed by atoms with Gasteiger partial charge in [-0.2, -0.15) is 0 Å². The van der Waals surface area contributed by atoms with E-state index in [2.05, 4.69) is 49.5 Å². The Hall–Kier alpha value is -1.08. The first-order valence-electron chi connectivity index (χ1n) is 8.36. The molecule has 0 fully saturated rings. The summed E-state index contributed by atoms with van der Waals surface area (Å²) in [5.41, 5.74) is 4.46. The lowest BCUT2D eigenvalue weighted by Gasteiger charge is -2.24. The van der Waals surface area contributed by atoms with Crippen molar-refractivity contribution < 1.29 is 0 Å². The van der Waals surface area contributed by atoms with Gasteiger partial charge in [0.2, 0.25) is 0 Å². The van der Waals surface area contributed by atoms with Crippen molar-refractivity contribution >= 4 is 0 Å². The van der Waals surface area contributed by atoms with E-state index in [1.165, 1.54) is 49.7 Å². The predicted molar refractivity (Wildman–Crippen MR) is 88.0 cm³/mol. The van der Waals surface area contributed by atoms with E-state index in [0.717, 1.165) is 13.0 Å². The third-order valence-corrected chi connectivity index (χ3v) is 4.33. The molecule has 1 aliphatic carbocycles. The van der Waals surface area contributed by atoms with E-state index in [1.54, 1.807) is 5.57 Å². The smallest absolute Gasteiger partial charge is 0.0535 e. The molecule has 0 saturated heterocycles. The van der Waals surface area contributed by atoms with E-state index >= 15 is 0 Å². The van der Waals surface area contributed by atoms with Crippen molar-refractivity contribution in [1.29, 1.82) is 0 Å². The van der Waals surface area contributed by atoms with Crippen LogP contribution in [0, 0.1) is 0 Å². The molecule has 2 rings (SSSR count). The summed E-state index contributed by atoms with van der Waals surface area (Å²) in [5.74, 6) is 0. The lowest BCUT2D eigenvalue weighted by Crippen LogP contribution is -2.23. The molecule has 0 aromatic heterocycles. The van der Waals surface area contributed by atoms with Gasteiger partial charge in [-0.25, -0.2) is 0 Å². The molecular weight excluding hydrogens is 242 g/mol. The van der Waals surface area contributed by atoms with Gasteiger partial charge in [0, 0.05) is 0 Å². The number of hydrogen-bond donors (Lipinski definition) is 1. The van der Waals surface area contributed by atoms with Crippen LogP contribution in [0.2, 0.25) is 0 Å². The number of nitrogens with one attached hydrogen (secondary N) is 1. The number of aryl methyl sites for hydroxylation is 1. The Morgan fingerprint density at radius 2 is 1.75 bits per heavy atom. The predicted octanol–water partition coefficient (Wildman–Crippen LogP) is 5.18. The quantitative estimate of drug-likeness (QED) is 0.728. The van der Waals surface area contributed by atoms with E-state index in [-0.39, 0.29) is 0 Å². The monoisotopic (exact) mass is 271 g/mol. The molecule has 1 aromatic carbocycles. The topological polar surface area (TPSA) is 12.0 Å². The third-order valence-electron chi connectivity index (χ3n) is 4.33. The molecule has 1 nitrogen and oxygen atoms in total. The average Bonchev–Trinajstić information content (AvgIpc) is 2.45. The number of likely N-dealkylation sites (N-methyl/N-ethyl adjacent to an activating group) is 1. The fourth-order valence-corrected chi connectivity index (χ4v) is 3.09. The van der Waals surface area contributed by atoms with E-state index in [0.29, 0.717) is 6.04 Å². The minimum absolute atomic E-state index is 0.420. The van der Waals surface area contributed by atoms with Gasteiger partial charge < -0.3 is 5.32 Å². The largest absolute Gasteiger partial charge is 0.307 e. The summed E-state index contributed by atoms with van der Waals surface area (Å²) in [6.45, 7) is 5.45. The molecule has 0 amide bonds. The Balaban J connectivity index is 2.19. The Labute approximate surface area is 124 Å². The lowest BCUT2D eigenvalue weighted by molar-refractivity contribution is 0.554. The molecule has 1 N–H and O–H groups in total. The van der Waals surface area contributed by atoms with Crippen molar-refractivity contribution in [2.24, 2.45) is 0 Å². The molecule has 0 saturated carbocycles. The van der Waals surface area contributed by atoms with Crippen LogP contribution in [0.4, 0.5) is 0 Å². The minimum Gasteiger partial charge on any atom is -0.307 e. The van der Waals surface area contributed by atoms with Gasteiger partial charge in [0.25, 0.3) is 0 Å². The number of benzene rings is 1. The van der Waals surface area contributed by atoms with Crippen LogP contribution in [0.15, 0.2) is 35.9 Å². The molecule has 20 heavy (non-hydrogen) atoms. The summed E-state index contributed by atoms with van der Waals surface area (Å²) < 4.78 is 0. The highest BCUT2D eigenvalue weighted by Gasteiger charge is 2.16. The second-order valence-corrected chi connectivity index (χ2v) is 5.82. The average molecular weight is 271 g/mol. The fourth-order valence-electron chi connectivity index (χ4n) is 3.09. The maximum absolute atomic E-state index is 3.69. The van der Waals surface area contributed by atoms with Crippen LogP contribution in [0.25, 0.3) is 0 Å². The summed E-state index contributed by atoms with van der Waals surface area (Å²) in [4.78, 5) is 0. The zero-order chi connectivity index (χ0) is 14.2. The number of allylic oxidation sites excluding steroid dienone is 1. The number of rotatable bonds is 5. The minimum atomic E-state index is 0.420. The standard InChI is InChI=1S/C19H29N/c1-3-16-12-14-18(15-13-16)19(20-4-2)17-10-8-6-5-7-9-11-17/h10,12-15,19-20H,3-9,11H2,1-2H3/b17-10+. The Kier molecular flexibility index (Phi) is 6.32. The van der Waals surface area contributed by atoms with Gasteiger partial charge in [-0.3, -0.25) is 0 Å². The van der Waals surface area contributed by atoms with Crippen LogP contribution in [0.5, 0.6) is 0 Å². The van der Waals surface area contributed by atoms with Gasteiger partial charge in [-0.15, -0.1) is 0 Å². The Morgan fingerprint density at radius 1 is 1.00 bits per heavy atom. The van der Waals surface area contributed by atoms with Crippen molar-refractivity contribution in [3.8, 4) is 0 Å². The first-order chi connectivity index (χ1) is 9.85. The first kappa shape index (κ1) is 15.3. The molecule has 1 aromatic rings. The van der Waals surface area contributed by atoms with Crippen molar-refractivity contribution in [2.75, 3.05) is 6.54 Å². The van der Waals surface area contributed by atoms with E-state index in [1.807, 2.05) is 0 Å². The summed E-state index contributed by atoms with van der Waals surface area (Å²) in [6, 6.07) is 9.60. The molecule has 0 spiro atoms. The molecule has 110 valence electrons. The second kappa shape index (κ2) is 8.26. The van der Waals surface area contributed by atoms with Gasteiger partial charge in [0.15, 0.2) is 0 Å². The molecule has 1 heteroatoms. The lowest BCUT2D eigenvalue weighted by atomic mass is 9.90. The van der Waals surface area contributed by atoms with Crippen LogP contribution in [-0.4, -0.2) is 6.54 Å². The van der Waals surface area contributed by atoms with Crippen molar-refractivity contribution in [2.45, 2.75) is 64.8 Å². The highest BCUT2D eigenvalue weighted by molar-refractivity contribution is 5.31. The van der Waals surface area contributed by atoms with Crippen LogP contribution in [0.3, 0.4) is 0 Å². The van der Waals surface area contributed by atoms with Crippen molar-refractivity contribution in [3.05, 3.63) is 47.0 Å². The van der Waals surface area contributed by atoms with E-state index in [9.17, 15) is 0 Å². The molecule has 1 atom stereocenters.